The van der Waals surface area contributed by atoms with Crippen LogP contribution in [0.5, 0.6) is 11.5 Å². The van der Waals surface area contributed by atoms with E-state index in [9.17, 15) is 9.59 Å². The summed E-state index contributed by atoms with van der Waals surface area (Å²) in [6.45, 7) is -0.151. The second-order valence-electron chi connectivity index (χ2n) is 3.93. The maximum Gasteiger partial charge on any atom is 0.325 e. The van der Waals surface area contributed by atoms with Crippen molar-refractivity contribution in [1.82, 2.24) is 4.90 Å². The molecule has 0 spiro atoms. The number of rotatable bonds is 5. The van der Waals surface area contributed by atoms with Crippen LogP contribution in [-0.2, 0) is 9.53 Å². The summed E-state index contributed by atoms with van der Waals surface area (Å²) in [5, 5.41) is 0.252. The third-order valence-corrected chi connectivity index (χ3v) is 2.90. The molecule has 0 aliphatic heterocycles. The monoisotopic (exact) mass is 301 g/mol. The van der Waals surface area contributed by atoms with Gasteiger partial charge >= 0.3 is 5.97 Å². The highest BCUT2D eigenvalue weighted by molar-refractivity contribution is 6.32. The van der Waals surface area contributed by atoms with Gasteiger partial charge in [-0.15, -0.1) is 0 Å². The molecule has 0 radical (unpaired) electrons. The molecule has 0 aliphatic rings. The third kappa shape index (κ3) is 3.54. The van der Waals surface area contributed by atoms with Gasteiger partial charge in [0, 0.05) is 12.6 Å². The highest BCUT2D eigenvalue weighted by atomic mass is 35.5. The van der Waals surface area contributed by atoms with E-state index in [2.05, 4.69) is 4.74 Å². The number of methoxy groups -OCH3 is 3. The zero-order chi connectivity index (χ0) is 15.3. The Balaban J connectivity index is 3.04. The number of ether oxygens (including phenoxy) is 3. The van der Waals surface area contributed by atoms with Crippen molar-refractivity contribution < 1.29 is 23.8 Å². The number of hydrogen-bond donors (Lipinski definition) is 0. The van der Waals surface area contributed by atoms with Gasteiger partial charge in [0.15, 0.2) is 11.5 Å². The molecule has 0 bridgehead atoms. The van der Waals surface area contributed by atoms with Gasteiger partial charge in [0.05, 0.1) is 26.4 Å². The van der Waals surface area contributed by atoms with E-state index >= 15 is 0 Å². The molecule has 0 saturated heterocycles. The van der Waals surface area contributed by atoms with Crippen LogP contribution < -0.4 is 9.47 Å². The standard InChI is InChI=1S/C13H16ClNO5/c1-15(7-11(16)19-3)13(17)8-5-9(14)12(20-4)10(6-8)18-2/h5-6H,7H2,1-4H3. The summed E-state index contributed by atoms with van der Waals surface area (Å²) in [6, 6.07) is 2.96. The molecule has 0 unspecified atom stereocenters. The smallest absolute Gasteiger partial charge is 0.325 e. The minimum absolute atomic E-state index is 0.151. The molecule has 6 nitrogen and oxygen atoms in total. The van der Waals surface area contributed by atoms with Gasteiger partial charge in [-0.3, -0.25) is 9.59 Å². The Labute approximate surface area is 122 Å². The fourth-order valence-electron chi connectivity index (χ4n) is 1.59. The molecule has 0 fully saturated rings. The van der Waals surface area contributed by atoms with E-state index < -0.39 is 5.97 Å². The summed E-state index contributed by atoms with van der Waals surface area (Å²) in [4.78, 5) is 24.6. The lowest BCUT2D eigenvalue weighted by atomic mass is 10.1. The molecule has 0 aromatic heterocycles. The van der Waals surface area contributed by atoms with Gasteiger partial charge in [-0.2, -0.15) is 0 Å². The van der Waals surface area contributed by atoms with Crippen LogP contribution in [0.4, 0.5) is 0 Å². The predicted molar refractivity (Wildman–Crippen MR) is 73.5 cm³/mol. The van der Waals surface area contributed by atoms with E-state index in [0.717, 1.165) is 0 Å². The minimum Gasteiger partial charge on any atom is -0.493 e. The highest BCUT2D eigenvalue weighted by Crippen LogP contribution is 2.36. The summed E-state index contributed by atoms with van der Waals surface area (Å²) in [5.41, 5.74) is 0.291. The number of hydrogen-bond acceptors (Lipinski definition) is 5. The first-order valence-corrected chi connectivity index (χ1v) is 6.06. The van der Waals surface area contributed by atoms with Crippen molar-refractivity contribution in [2.75, 3.05) is 34.9 Å². The van der Waals surface area contributed by atoms with Crippen molar-refractivity contribution in [2.45, 2.75) is 0 Å². The maximum absolute atomic E-state index is 12.2. The van der Waals surface area contributed by atoms with Gasteiger partial charge in [-0.25, -0.2) is 0 Å². The molecule has 0 aliphatic carbocycles. The molecule has 0 saturated carbocycles. The van der Waals surface area contributed by atoms with Crippen LogP contribution in [-0.4, -0.2) is 51.7 Å². The average Bonchev–Trinajstić information content (AvgIpc) is 2.44. The molecule has 110 valence electrons. The molecule has 1 aromatic rings. The van der Waals surface area contributed by atoms with E-state index in [-0.39, 0.29) is 17.5 Å². The second kappa shape index (κ2) is 7.00. The van der Waals surface area contributed by atoms with Gasteiger partial charge in [0.1, 0.15) is 6.54 Å². The Kier molecular flexibility index (Phi) is 5.64. The summed E-state index contributed by atoms with van der Waals surface area (Å²) in [5.74, 6) is -0.193. The fourth-order valence-corrected chi connectivity index (χ4v) is 1.88. The predicted octanol–water partition coefficient (Wildman–Crippen LogP) is 1.60. The molecule has 0 atom stereocenters. The molecule has 20 heavy (non-hydrogen) atoms. The molecule has 7 heteroatoms. The van der Waals surface area contributed by atoms with E-state index in [4.69, 9.17) is 21.1 Å². The van der Waals surface area contributed by atoms with E-state index in [1.54, 1.807) is 0 Å². The Hall–Kier alpha value is -1.95. The molecular formula is C13H16ClNO5. The Morgan fingerprint density at radius 3 is 2.35 bits per heavy atom. The van der Waals surface area contributed by atoms with Crippen LogP contribution in [0.25, 0.3) is 0 Å². The van der Waals surface area contributed by atoms with Crippen LogP contribution in [0.15, 0.2) is 12.1 Å². The van der Waals surface area contributed by atoms with Crippen LogP contribution >= 0.6 is 11.6 Å². The Morgan fingerprint density at radius 2 is 1.85 bits per heavy atom. The maximum atomic E-state index is 12.2. The average molecular weight is 302 g/mol. The number of carbonyl (C=O) groups is 2. The zero-order valence-corrected chi connectivity index (χ0v) is 12.5. The van der Waals surface area contributed by atoms with E-state index in [1.807, 2.05) is 0 Å². The number of halogens is 1. The van der Waals surface area contributed by atoms with Crippen LogP contribution in [0.1, 0.15) is 10.4 Å². The lowest BCUT2D eigenvalue weighted by molar-refractivity contribution is -0.141. The summed E-state index contributed by atoms with van der Waals surface area (Å²) < 4.78 is 14.7. The summed E-state index contributed by atoms with van der Waals surface area (Å²) in [7, 11) is 5.65. The van der Waals surface area contributed by atoms with Crippen molar-refractivity contribution >= 4 is 23.5 Å². The summed E-state index contributed by atoms with van der Waals surface area (Å²) in [6.07, 6.45) is 0. The van der Waals surface area contributed by atoms with Crippen molar-refractivity contribution in [3.63, 3.8) is 0 Å². The first-order valence-electron chi connectivity index (χ1n) is 5.68. The number of carbonyl (C=O) groups excluding carboxylic acids is 2. The van der Waals surface area contributed by atoms with Gasteiger partial charge in [-0.05, 0) is 12.1 Å². The van der Waals surface area contributed by atoms with Crippen molar-refractivity contribution in [3.8, 4) is 11.5 Å². The van der Waals surface area contributed by atoms with Crippen molar-refractivity contribution in [1.29, 1.82) is 0 Å². The highest BCUT2D eigenvalue weighted by Gasteiger charge is 2.19. The number of likely N-dealkylation sites (N-methyl/N-ethyl adjacent to an activating group) is 1. The normalized spacial score (nSPS) is 9.85. The van der Waals surface area contributed by atoms with Gasteiger partial charge in [-0.1, -0.05) is 11.6 Å². The third-order valence-electron chi connectivity index (χ3n) is 2.62. The molecule has 0 N–H and O–H groups in total. The molecule has 1 amide bonds. The van der Waals surface area contributed by atoms with Gasteiger partial charge in [0.2, 0.25) is 0 Å². The second-order valence-corrected chi connectivity index (χ2v) is 4.34. The summed E-state index contributed by atoms with van der Waals surface area (Å²) >= 11 is 6.03. The first-order chi connectivity index (χ1) is 9.44. The van der Waals surface area contributed by atoms with Crippen LogP contribution in [0.3, 0.4) is 0 Å². The van der Waals surface area contributed by atoms with E-state index in [1.165, 1.54) is 45.4 Å². The van der Waals surface area contributed by atoms with Gasteiger partial charge < -0.3 is 19.1 Å². The topological polar surface area (TPSA) is 65.1 Å². The lowest BCUT2D eigenvalue weighted by Gasteiger charge is -2.17. The number of amides is 1. The molecule has 1 rings (SSSR count). The number of nitrogens with zero attached hydrogens (tertiary/aromatic N) is 1. The quantitative estimate of drug-likeness (QED) is 0.773. The molecule has 1 aromatic carbocycles. The van der Waals surface area contributed by atoms with E-state index in [0.29, 0.717) is 17.1 Å². The first kappa shape index (κ1) is 16.1. The Bertz CT molecular complexity index is 518. The lowest BCUT2D eigenvalue weighted by Crippen LogP contribution is -2.32. The fraction of sp³-hybridized carbons (Fsp3) is 0.385. The Morgan fingerprint density at radius 1 is 1.20 bits per heavy atom. The van der Waals surface area contributed by atoms with Crippen LogP contribution in [0.2, 0.25) is 5.02 Å². The van der Waals surface area contributed by atoms with Gasteiger partial charge in [0.25, 0.3) is 5.91 Å². The van der Waals surface area contributed by atoms with Crippen molar-refractivity contribution in [3.05, 3.63) is 22.7 Å². The minimum atomic E-state index is -0.507. The van der Waals surface area contributed by atoms with Crippen molar-refractivity contribution in [2.24, 2.45) is 0 Å². The number of esters is 1. The largest absolute Gasteiger partial charge is 0.493 e. The molecule has 0 heterocycles. The number of benzene rings is 1. The SMILES string of the molecule is COC(=O)CN(C)C(=O)c1cc(Cl)c(OC)c(OC)c1. The molecular weight excluding hydrogens is 286 g/mol. The van der Waals surface area contributed by atoms with Crippen LogP contribution in [0, 0.1) is 0 Å². The zero-order valence-electron chi connectivity index (χ0n) is 11.7.